The standard InChI is InChI=1S/C23H31N5O3/c1-15(2)9-12-28-23(30)27-11-10-17(5-8-21(27)25-28)24-22(29)20-14-16-13-18(31-4)6-7-19(16)26(20)3/h6-7,13-15,17H,5,8-12H2,1-4H3,(H,24,29). The van der Waals surface area contributed by atoms with Gasteiger partial charge in [0.2, 0.25) is 0 Å². The molecule has 0 aliphatic carbocycles. The molecule has 0 fully saturated rings. The number of hydrogen-bond donors (Lipinski definition) is 1. The van der Waals surface area contributed by atoms with Gasteiger partial charge < -0.3 is 14.6 Å². The van der Waals surface area contributed by atoms with Crippen molar-refractivity contribution in [2.45, 2.75) is 58.7 Å². The SMILES string of the molecule is COc1ccc2c(c1)cc(C(=O)NC1CCc3nn(CCC(C)C)c(=O)n3CC1)n2C. The van der Waals surface area contributed by atoms with Crippen LogP contribution in [0.2, 0.25) is 0 Å². The Kier molecular flexibility index (Phi) is 5.89. The summed E-state index contributed by atoms with van der Waals surface area (Å²) in [7, 11) is 3.53. The van der Waals surface area contributed by atoms with Gasteiger partial charge in [-0.05, 0) is 49.4 Å². The quantitative estimate of drug-likeness (QED) is 0.658. The fourth-order valence-electron chi connectivity index (χ4n) is 4.23. The molecule has 0 saturated carbocycles. The predicted molar refractivity (Wildman–Crippen MR) is 120 cm³/mol. The zero-order valence-corrected chi connectivity index (χ0v) is 18.7. The summed E-state index contributed by atoms with van der Waals surface area (Å²) in [5, 5.41) is 8.68. The number of fused-ring (bicyclic) bond motifs is 2. The number of carbonyl (C=O) groups excluding carboxylic acids is 1. The van der Waals surface area contributed by atoms with Gasteiger partial charge in [-0.25, -0.2) is 9.48 Å². The largest absolute Gasteiger partial charge is 0.497 e. The first-order chi connectivity index (χ1) is 14.9. The summed E-state index contributed by atoms with van der Waals surface area (Å²) in [5.74, 6) is 2.02. The fraction of sp³-hybridized carbons (Fsp3) is 0.522. The van der Waals surface area contributed by atoms with Crippen molar-refractivity contribution in [3.63, 3.8) is 0 Å². The minimum Gasteiger partial charge on any atom is -0.497 e. The van der Waals surface area contributed by atoms with Crippen molar-refractivity contribution in [2.75, 3.05) is 7.11 Å². The van der Waals surface area contributed by atoms with Crippen LogP contribution in [0, 0.1) is 5.92 Å². The first-order valence-electron chi connectivity index (χ1n) is 11.0. The van der Waals surface area contributed by atoms with E-state index >= 15 is 0 Å². The Morgan fingerprint density at radius 3 is 2.84 bits per heavy atom. The third kappa shape index (κ3) is 4.24. The molecule has 1 amide bonds. The second-order valence-electron chi connectivity index (χ2n) is 8.77. The van der Waals surface area contributed by atoms with E-state index in [1.807, 2.05) is 35.9 Å². The van der Waals surface area contributed by atoms with E-state index in [1.54, 1.807) is 16.4 Å². The first-order valence-corrected chi connectivity index (χ1v) is 11.0. The molecule has 31 heavy (non-hydrogen) atoms. The number of hydrogen-bond acceptors (Lipinski definition) is 4. The highest BCUT2D eigenvalue weighted by Crippen LogP contribution is 2.24. The molecule has 1 aliphatic rings. The Morgan fingerprint density at radius 2 is 2.10 bits per heavy atom. The van der Waals surface area contributed by atoms with Crippen molar-refractivity contribution in [1.29, 1.82) is 0 Å². The summed E-state index contributed by atoms with van der Waals surface area (Å²) in [6.07, 6.45) is 3.10. The topological polar surface area (TPSA) is 83.1 Å². The van der Waals surface area contributed by atoms with Gasteiger partial charge in [-0.15, -0.1) is 0 Å². The number of methoxy groups -OCH3 is 1. The van der Waals surface area contributed by atoms with Crippen LogP contribution in [0.25, 0.3) is 10.9 Å². The number of rotatable bonds is 6. The van der Waals surface area contributed by atoms with Gasteiger partial charge >= 0.3 is 5.69 Å². The van der Waals surface area contributed by atoms with Gasteiger partial charge in [0.05, 0.1) is 7.11 Å². The summed E-state index contributed by atoms with van der Waals surface area (Å²) in [6.45, 7) is 5.52. The molecule has 3 heterocycles. The van der Waals surface area contributed by atoms with Gasteiger partial charge in [-0.2, -0.15) is 5.10 Å². The second-order valence-corrected chi connectivity index (χ2v) is 8.77. The second kappa shape index (κ2) is 8.61. The zero-order valence-electron chi connectivity index (χ0n) is 18.7. The van der Waals surface area contributed by atoms with Crippen molar-refractivity contribution >= 4 is 16.8 Å². The van der Waals surface area contributed by atoms with E-state index in [-0.39, 0.29) is 17.6 Å². The molecule has 2 aromatic heterocycles. The highest BCUT2D eigenvalue weighted by Gasteiger charge is 2.23. The maximum Gasteiger partial charge on any atom is 0.345 e. The minimum atomic E-state index is -0.100. The summed E-state index contributed by atoms with van der Waals surface area (Å²) in [6, 6.07) is 7.68. The third-order valence-corrected chi connectivity index (χ3v) is 6.15. The lowest BCUT2D eigenvalue weighted by Gasteiger charge is -2.16. The molecule has 1 aromatic carbocycles. The van der Waals surface area contributed by atoms with Crippen LogP contribution in [0.5, 0.6) is 5.75 Å². The molecule has 0 spiro atoms. The molecule has 3 aromatic rings. The Morgan fingerprint density at radius 1 is 1.29 bits per heavy atom. The van der Waals surface area contributed by atoms with Gasteiger partial charge in [-0.1, -0.05) is 13.8 Å². The fourth-order valence-corrected chi connectivity index (χ4v) is 4.23. The molecule has 1 aliphatic heterocycles. The van der Waals surface area contributed by atoms with E-state index in [9.17, 15) is 9.59 Å². The van der Waals surface area contributed by atoms with Gasteiger partial charge in [0.1, 0.15) is 17.3 Å². The van der Waals surface area contributed by atoms with Crippen LogP contribution < -0.4 is 15.7 Å². The number of ether oxygens (including phenoxy) is 1. The van der Waals surface area contributed by atoms with Crippen LogP contribution in [0.3, 0.4) is 0 Å². The average Bonchev–Trinajstić information content (AvgIpc) is 3.15. The number of nitrogens with zero attached hydrogens (tertiary/aromatic N) is 4. The van der Waals surface area contributed by atoms with Crippen molar-refractivity contribution < 1.29 is 9.53 Å². The number of amides is 1. The third-order valence-electron chi connectivity index (χ3n) is 6.15. The molecule has 0 bridgehead atoms. The molecule has 8 heteroatoms. The van der Waals surface area contributed by atoms with Crippen molar-refractivity contribution in [1.82, 2.24) is 24.2 Å². The molecule has 166 valence electrons. The van der Waals surface area contributed by atoms with Crippen LogP contribution in [0.15, 0.2) is 29.1 Å². The molecule has 1 unspecified atom stereocenters. The Bertz CT molecular complexity index is 1150. The summed E-state index contributed by atoms with van der Waals surface area (Å²) in [4.78, 5) is 25.7. The van der Waals surface area contributed by atoms with E-state index in [0.717, 1.165) is 35.3 Å². The number of carbonyl (C=O) groups is 1. The number of nitrogens with one attached hydrogen (secondary N) is 1. The van der Waals surface area contributed by atoms with Crippen LogP contribution in [0.1, 0.15) is 49.4 Å². The highest BCUT2D eigenvalue weighted by molar-refractivity contribution is 5.99. The first kappa shape index (κ1) is 21.2. The number of aromatic nitrogens is 4. The number of benzene rings is 1. The number of aryl methyl sites for hydroxylation is 3. The van der Waals surface area contributed by atoms with Gasteiger partial charge in [-0.3, -0.25) is 9.36 Å². The van der Waals surface area contributed by atoms with Crippen LogP contribution in [-0.2, 0) is 26.6 Å². The van der Waals surface area contributed by atoms with E-state index in [1.165, 1.54) is 0 Å². The van der Waals surface area contributed by atoms with Crippen LogP contribution in [-0.4, -0.2) is 38.0 Å². The van der Waals surface area contributed by atoms with Crippen molar-refractivity contribution in [2.24, 2.45) is 13.0 Å². The van der Waals surface area contributed by atoms with E-state index < -0.39 is 0 Å². The predicted octanol–water partition coefficient (Wildman–Crippen LogP) is 2.73. The van der Waals surface area contributed by atoms with Crippen LogP contribution >= 0.6 is 0 Å². The molecule has 4 rings (SSSR count). The highest BCUT2D eigenvalue weighted by atomic mass is 16.5. The lowest BCUT2D eigenvalue weighted by Crippen LogP contribution is -2.36. The molecule has 8 nitrogen and oxygen atoms in total. The lowest BCUT2D eigenvalue weighted by molar-refractivity contribution is 0.0925. The van der Waals surface area contributed by atoms with Gasteiger partial charge in [0, 0.05) is 43.5 Å². The Hall–Kier alpha value is -3.03. The normalized spacial score (nSPS) is 16.4. The molecule has 0 radical (unpaired) electrons. The summed E-state index contributed by atoms with van der Waals surface area (Å²) >= 11 is 0. The Labute approximate surface area is 181 Å². The van der Waals surface area contributed by atoms with E-state index in [0.29, 0.717) is 37.5 Å². The average molecular weight is 426 g/mol. The van der Waals surface area contributed by atoms with Crippen LogP contribution in [0.4, 0.5) is 0 Å². The van der Waals surface area contributed by atoms with Crippen molar-refractivity contribution in [3.8, 4) is 5.75 Å². The van der Waals surface area contributed by atoms with E-state index in [4.69, 9.17) is 4.74 Å². The molecule has 0 saturated heterocycles. The van der Waals surface area contributed by atoms with E-state index in [2.05, 4.69) is 24.3 Å². The van der Waals surface area contributed by atoms with Gasteiger partial charge in [0.25, 0.3) is 5.91 Å². The minimum absolute atomic E-state index is 0.00487. The molecule has 1 N–H and O–H groups in total. The monoisotopic (exact) mass is 425 g/mol. The smallest absolute Gasteiger partial charge is 0.345 e. The summed E-state index contributed by atoms with van der Waals surface area (Å²) < 4.78 is 10.6. The lowest BCUT2D eigenvalue weighted by atomic mass is 10.1. The maximum atomic E-state index is 13.0. The Balaban J connectivity index is 1.45. The maximum absolute atomic E-state index is 13.0. The summed E-state index contributed by atoms with van der Waals surface area (Å²) in [5.41, 5.74) is 1.56. The molecular weight excluding hydrogens is 394 g/mol. The zero-order chi connectivity index (χ0) is 22.1. The van der Waals surface area contributed by atoms with Gasteiger partial charge in [0.15, 0.2) is 0 Å². The molecular formula is C23H31N5O3. The molecule has 1 atom stereocenters. The van der Waals surface area contributed by atoms with Crippen molar-refractivity contribution in [3.05, 3.63) is 46.3 Å².